The second-order valence-corrected chi connectivity index (χ2v) is 7.63. The van der Waals surface area contributed by atoms with Gasteiger partial charge in [0.25, 0.3) is 0 Å². The minimum absolute atomic E-state index is 0.0260. The maximum atomic E-state index is 11.9. The number of rotatable bonds is 5. The van der Waals surface area contributed by atoms with Crippen LogP contribution in [0.4, 0.5) is 5.69 Å². The summed E-state index contributed by atoms with van der Waals surface area (Å²) in [7, 11) is 0. The van der Waals surface area contributed by atoms with Crippen molar-refractivity contribution in [1.29, 1.82) is 0 Å². The minimum atomic E-state index is -0.0260. The highest BCUT2D eigenvalue weighted by molar-refractivity contribution is 8.00. The molecule has 1 aromatic rings. The molecule has 0 aromatic heterocycles. The molecule has 5 heteroatoms. The first-order chi connectivity index (χ1) is 9.48. The van der Waals surface area contributed by atoms with Gasteiger partial charge in [-0.3, -0.25) is 4.79 Å². The van der Waals surface area contributed by atoms with E-state index in [4.69, 9.17) is 11.6 Å². The standard InChI is InChI=1S/C15H21ClN2OS/c1-11-4-5-12(16)8-13(11)18-14(19)9-17-10-15(2)6-3-7-20-15/h4-5,8,17H,3,6-7,9-10H2,1-2H3,(H,18,19). The number of hydrogen-bond donors (Lipinski definition) is 2. The first-order valence-electron chi connectivity index (χ1n) is 6.89. The zero-order valence-corrected chi connectivity index (χ0v) is 13.5. The van der Waals surface area contributed by atoms with Crippen LogP contribution in [0.25, 0.3) is 0 Å². The zero-order valence-electron chi connectivity index (χ0n) is 12.0. The van der Waals surface area contributed by atoms with E-state index in [2.05, 4.69) is 17.6 Å². The van der Waals surface area contributed by atoms with Crippen molar-refractivity contribution in [2.75, 3.05) is 24.2 Å². The van der Waals surface area contributed by atoms with Crippen molar-refractivity contribution in [2.45, 2.75) is 31.4 Å². The van der Waals surface area contributed by atoms with Gasteiger partial charge < -0.3 is 10.6 Å². The van der Waals surface area contributed by atoms with Gasteiger partial charge in [0.1, 0.15) is 0 Å². The van der Waals surface area contributed by atoms with Gasteiger partial charge in [0.2, 0.25) is 5.91 Å². The quantitative estimate of drug-likeness (QED) is 0.875. The summed E-state index contributed by atoms with van der Waals surface area (Å²) in [5.74, 6) is 1.20. The summed E-state index contributed by atoms with van der Waals surface area (Å²) in [4.78, 5) is 11.9. The summed E-state index contributed by atoms with van der Waals surface area (Å²) in [6.45, 7) is 5.42. The Bertz CT molecular complexity index is 487. The fourth-order valence-corrected chi connectivity index (χ4v) is 3.79. The van der Waals surface area contributed by atoms with Crippen LogP contribution in [0.5, 0.6) is 0 Å². The second kappa shape index (κ2) is 6.83. The summed E-state index contributed by atoms with van der Waals surface area (Å²) in [5.41, 5.74) is 1.80. The molecule has 0 saturated carbocycles. The van der Waals surface area contributed by atoms with Crippen LogP contribution in [-0.2, 0) is 4.79 Å². The minimum Gasteiger partial charge on any atom is -0.325 e. The molecule has 0 bridgehead atoms. The topological polar surface area (TPSA) is 41.1 Å². The van der Waals surface area contributed by atoms with Crippen molar-refractivity contribution in [3.05, 3.63) is 28.8 Å². The number of benzene rings is 1. The van der Waals surface area contributed by atoms with E-state index in [1.165, 1.54) is 18.6 Å². The number of thioether (sulfide) groups is 1. The molecule has 1 saturated heterocycles. The Hall–Kier alpha value is -0.710. The number of nitrogens with one attached hydrogen (secondary N) is 2. The highest BCUT2D eigenvalue weighted by atomic mass is 35.5. The number of aryl methyl sites for hydroxylation is 1. The Labute approximate surface area is 129 Å². The lowest BCUT2D eigenvalue weighted by molar-refractivity contribution is -0.115. The van der Waals surface area contributed by atoms with E-state index in [-0.39, 0.29) is 10.7 Å². The molecule has 1 aliphatic heterocycles. The summed E-state index contributed by atoms with van der Waals surface area (Å²) in [6.07, 6.45) is 2.50. The molecule has 1 amide bonds. The predicted molar refractivity (Wildman–Crippen MR) is 87.8 cm³/mol. The Morgan fingerprint density at radius 3 is 3.00 bits per heavy atom. The third kappa shape index (κ3) is 4.40. The second-order valence-electron chi connectivity index (χ2n) is 5.51. The third-order valence-electron chi connectivity index (χ3n) is 3.56. The number of hydrogen-bond acceptors (Lipinski definition) is 3. The average molecular weight is 313 g/mol. The van der Waals surface area contributed by atoms with E-state index < -0.39 is 0 Å². The molecule has 1 aliphatic rings. The molecule has 1 aromatic carbocycles. The lowest BCUT2D eigenvalue weighted by Gasteiger charge is -2.22. The summed E-state index contributed by atoms with van der Waals surface area (Å²) in [6, 6.07) is 5.51. The number of carbonyl (C=O) groups is 1. The van der Waals surface area contributed by atoms with Crippen LogP contribution in [-0.4, -0.2) is 29.5 Å². The molecule has 1 atom stereocenters. The summed E-state index contributed by atoms with van der Waals surface area (Å²) >= 11 is 7.93. The highest BCUT2D eigenvalue weighted by Gasteiger charge is 2.28. The van der Waals surface area contributed by atoms with Crippen LogP contribution in [0.3, 0.4) is 0 Å². The predicted octanol–water partition coefficient (Wildman–Crippen LogP) is 3.46. The van der Waals surface area contributed by atoms with Crippen LogP contribution in [0, 0.1) is 6.92 Å². The monoisotopic (exact) mass is 312 g/mol. The fraction of sp³-hybridized carbons (Fsp3) is 0.533. The maximum absolute atomic E-state index is 11.9. The van der Waals surface area contributed by atoms with Crippen molar-refractivity contribution in [1.82, 2.24) is 5.32 Å². The molecule has 1 heterocycles. The van der Waals surface area contributed by atoms with E-state index in [0.717, 1.165) is 17.8 Å². The molecule has 2 rings (SSSR count). The summed E-state index contributed by atoms with van der Waals surface area (Å²) in [5, 5.41) is 6.79. The lowest BCUT2D eigenvalue weighted by Crippen LogP contribution is -2.37. The van der Waals surface area contributed by atoms with Crippen molar-refractivity contribution in [3.8, 4) is 0 Å². The van der Waals surface area contributed by atoms with Gasteiger partial charge in [-0.1, -0.05) is 17.7 Å². The van der Waals surface area contributed by atoms with Crippen molar-refractivity contribution in [2.24, 2.45) is 0 Å². The van der Waals surface area contributed by atoms with Gasteiger partial charge in [-0.2, -0.15) is 11.8 Å². The SMILES string of the molecule is Cc1ccc(Cl)cc1NC(=O)CNCC1(C)CCCS1. The van der Waals surface area contributed by atoms with Gasteiger partial charge in [-0.05, 0) is 50.1 Å². The normalized spacial score (nSPS) is 21.9. The molecule has 2 N–H and O–H groups in total. The van der Waals surface area contributed by atoms with Crippen LogP contribution < -0.4 is 10.6 Å². The van der Waals surface area contributed by atoms with Crippen LogP contribution in [0.2, 0.25) is 5.02 Å². The van der Waals surface area contributed by atoms with Gasteiger partial charge in [0, 0.05) is 22.0 Å². The lowest BCUT2D eigenvalue weighted by atomic mass is 10.1. The molecule has 110 valence electrons. The van der Waals surface area contributed by atoms with E-state index in [0.29, 0.717) is 11.6 Å². The Kier molecular flexibility index (Phi) is 5.35. The number of amides is 1. The molecular weight excluding hydrogens is 292 g/mol. The number of carbonyl (C=O) groups excluding carboxylic acids is 1. The van der Waals surface area contributed by atoms with Crippen molar-refractivity contribution >= 4 is 35.0 Å². The van der Waals surface area contributed by atoms with E-state index in [1.54, 1.807) is 6.07 Å². The van der Waals surface area contributed by atoms with Gasteiger partial charge in [-0.25, -0.2) is 0 Å². The molecule has 0 radical (unpaired) electrons. The van der Waals surface area contributed by atoms with E-state index >= 15 is 0 Å². The van der Waals surface area contributed by atoms with Crippen LogP contribution >= 0.6 is 23.4 Å². The Morgan fingerprint density at radius 2 is 2.30 bits per heavy atom. The highest BCUT2D eigenvalue weighted by Crippen LogP contribution is 2.36. The van der Waals surface area contributed by atoms with Crippen molar-refractivity contribution in [3.63, 3.8) is 0 Å². The molecule has 20 heavy (non-hydrogen) atoms. The first kappa shape index (κ1) is 15.7. The first-order valence-corrected chi connectivity index (χ1v) is 8.26. The zero-order chi connectivity index (χ0) is 14.6. The molecule has 1 unspecified atom stereocenters. The summed E-state index contributed by atoms with van der Waals surface area (Å²) < 4.78 is 0.284. The fourth-order valence-electron chi connectivity index (χ4n) is 2.34. The Balaban J connectivity index is 1.79. The van der Waals surface area contributed by atoms with Crippen molar-refractivity contribution < 1.29 is 4.79 Å². The Morgan fingerprint density at radius 1 is 1.50 bits per heavy atom. The molecule has 3 nitrogen and oxygen atoms in total. The number of anilines is 1. The molecule has 0 aliphatic carbocycles. The molecule has 1 fully saturated rings. The van der Waals surface area contributed by atoms with Gasteiger partial charge in [0.15, 0.2) is 0 Å². The van der Waals surface area contributed by atoms with Gasteiger partial charge in [0.05, 0.1) is 6.54 Å². The van der Waals surface area contributed by atoms with Crippen LogP contribution in [0.1, 0.15) is 25.3 Å². The van der Waals surface area contributed by atoms with Gasteiger partial charge >= 0.3 is 0 Å². The van der Waals surface area contributed by atoms with Crippen LogP contribution in [0.15, 0.2) is 18.2 Å². The molecular formula is C15H21ClN2OS. The van der Waals surface area contributed by atoms with E-state index in [1.807, 2.05) is 30.8 Å². The van der Waals surface area contributed by atoms with E-state index in [9.17, 15) is 4.79 Å². The molecule has 0 spiro atoms. The number of halogens is 1. The largest absolute Gasteiger partial charge is 0.325 e. The average Bonchev–Trinajstić information content (AvgIpc) is 2.81. The maximum Gasteiger partial charge on any atom is 0.238 e. The smallest absolute Gasteiger partial charge is 0.238 e. The third-order valence-corrected chi connectivity index (χ3v) is 5.33. The van der Waals surface area contributed by atoms with Gasteiger partial charge in [-0.15, -0.1) is 0 Å².